The molecule has 7 nitrogen and oxygen atoms in total. The molecule has 0 aliphatic carbocycles. The van der Waals surface area contributed by atoms with Crippen molar-refractivity contribution in [3.63, 3.8) is 0 Å². The van der Waals surface area contributed by atoms with Gasteiger partial charge in [-0.25, -0.2) is 9.78 Å². The van der Waals surface area contributed by atoms with Gasteiger partial charge in [0, 0.05) is 18.3 Å². The van der Waals surface area contributed by atoms with Crippen LogP contribution in [0.15, 0.2) is 25.2 Å². The highest BCUT2D eigenvalue weighted by Gasteiger charge is 2.20. The fraction of sp³-hybridized carbons (Fsp3) is 0.250. The minimum Gasteiger partial charge on any atom is -0.480 e. The number of hydrogen-bond donors (Lipinski definition) is 2. The first-order valence-corrected chi connectivity index (χ1v) is 4.31. The molecule has 0 bridgehead atoms. The number of hydrogen-bond acceptors (Lipinski definition) is 4. The maximum Gasteiger partial charge on any atom is 0.327 e. The Balaban J connectivity index is 2.18. The van der Waals surface area contributed by atoms with Crippen molar-refractivity contribution in [2.24, 2.45) is 0 Å². The van der Waals surface area contributed by atoms with Gasteiger partial charge >= 0.3 is 5.97 Å². The number of nitrogens with zero attached hydrogens (tertiary/aromatic N) is 4. The smallest absolute Gasteiger partial charge is 0.327 e. The van der Waals surface area contributed by atoms with Gasteiger partial charge in [-0.1, -0.05) is 0 Å². The van der Waals surface area contributed by atoms with Crippen LogP contribution in [0.5, 0.6) is 0 Å². The Morgan fingerprint density at radius 1 is 1.53 bits per heavy atom. The lowest BCUT2D eigenvalue weighted by molar-refractivity contribution is -0.140. The van der Waals surface area contributed by atoms with Crippen molar-refractivity contribution < 1.29 is 9.90 Å². The van der Waals surface area contributed by atoms with E-state index in [1.54, 1.807) is 6.20 Å². The number of aromatic amines is 1. The molecule has 0 unspecified atom stereocenters. The fourth-order valence-electron chi connectivity index (χ4n) is 1.29. The summed E-state index contributed by atoms with van der Waals surface area (Å²) in [6.07, 6.45) is 6.21. The summed E-state index contributed by atoms with van der Waals surface area (Å²) < 4.78 is 1.45. The van der Waals surface area contributed by atoms with Gasteiger partial charge in [-0.05, 0) is 0 Å². The Morgan fingerprint density at radius 2 is 2.27 bits per heavy atom. The van der Waals surface area contributed by atoms with Crippen molar-refractivity contribution in [2.75, 3.05) is 0 Å². The molecule has 0 aliphatic rings. The molecular weight excluding hydrogens is 198 g/mol. The average Bonchev–Trinajstić information content (AvgIpc) is 2.87. The van der Waals surface area contributed by atoms with Crippen LogP contribution in [-0.4, -0.2) is 35.8 Å². The van der Waals surface area contributed by atoms with Gasteiger partial charge in [0.05, 0.1) is 6.33 Å². The summed E-state index contributed by atoms with van der Waals surface area (Å²) in [7, 11) is 0. The third-order valence-corrected chi connectivity index (χ3v) is 2.05. The van der Waals surface area contributed by atoms with Crippen LogP contribution in [0.2, 0.25) is 0 Å². The van der Waals surface area contributed by atoms with Crippen LogP contribution < -0.4 is 0 Å². The lowest BCUT2D eigenvalue weighted by Crippen LogP contribution is -2.20. The Bertz CT molecular complexity index is 422. The summed E-state index contributed by atoms with van der Waals surface area (Å²) in [6, 6.07) is -0.708. The normalized spacial score (nSPS) is 12.5. The molecule has 0 amide bonds. The molecule has 0 fully saturated rings. The zero-order valence-corrected chi connectivity index (χ0v) is 7.74. The predicted molar refractivity (Wildman–Crippen MR) is 49.0 cm³/mol. The maximum absolute atomic E-state index is 11.0. The predicted octanol–water partition coefficient (Wildman–Crippen LogP) is -0.130. The highest BCUT2D eigenvalue weighted by molar-refractivity contribution is 5.72. The van der Waals surface area contributed by atoms with Crippen molar-refractivity contribution in [3.05, 3.63) is 30.9 Å². The van der Waals surface area contributed by atoms with Gasteiger partial charge in [0.25, 0.3) is 0 Å². The summed E-state index contributed by atoms with van der Waals surface area (Å²) in [5, 5.41) is 16.2. The molecule has 0 saturated carbocycles. The quantitative estimate of drug-likeness (QED) is 0.727. The SMILES string of the molecule is O=C(O)[C@@H](Cc1cnc[nH]1)n1cnnc1. The van der Waals surface area contributed by atoms with Crippen LogP contribution in [0.4, 0.5) is 0 Å². The van der Waals surface area contributed by atoms with Crippen molar-refractivity contribution in [2.45, 2.75) is 12.5 Å². The van der Waals surface area contributed by atoms with Crippen molar-refractivity contribution >= 4 is 5.97 Å². The molecule has 15 heavy (non-hydrogen) atoms. The molecular formula is C8H9N5O2. The van der Waals surface area contributed by atoms with Gasteiger partial charge in [0.1, 0.15) is 18.7 Å². The van der Waals surface area contributed by atoms with E-state index in [-0.39, 0.29) is 0 Å². The summed E-state index contributed by atoms with van der Waals surface area (Å²) in [5.41, 5.74) is 0.760. The maximum atomic E-state index is 11.0. The van der Waals surface area contributed by atoms with Crippen molar-refractivity contribution in [3.8, 4) is 0 Å². The highest BCUT2D eigenvalue weighted by Crippen LogP contribution is 2.11. The second kappa shape index (κ2) is 3.91. The van der Waals surface area contributed by atoms with Gasteiger partial charge in [0.2, 0.25) is 0 Å². The molecule has 78 valence electrons. The topological polar surface area (TPSA) is 96.7 Å². The van der Waals surface area contributed by atoms with Crippen LogP contribution >= 0.6 is 0 Å². The number of carboxylic acids is 1. The van der Waals surface area contributed by atoms with E-state index < -0.39 is 12.0 Å². The zero-order chi connectivity index (χ0) is 10.7. The van der Waals surface area contributed by atoms with Crippen LogP contribution in [0, 0.1) is 0 Å². The lowest BCUT2D eigenvalue weighted by atomic mass is 10.1. The second-order valence-corrected chi connectivity index (χ2v) is 3.04. The Morgan fingerprint density at radius 3 is 2.80 bits per heavy atom. The molecule has 0 spiro atoms. The molecule has 2 N–H and O–H groups in total. The van der Waals surface area contributed by atoms with Gasteiger partial charge in [-0.15, -0.1) is 10.2 Å². The third kappa shape index (κ3) is 2.01. The van der Waals surface area contributed by atoms with E-state index in [2.05, 4.69) is 20.2 Å². The first-order valence-electron chi connectivity index (χ1n) is 4.31. The van der Waals surface area contributed by atoms with E-state index in [0.717, 1.165) is 5.69 Å². The number of imidazole rings is 1. The van der Waals surface area contributed by atoms with Crippen molar-refractivity contribution in [1.82, 2.24) is 24.7 Å². The van der Waals surface area contributed by atoms with Crippen LogP contribution in [-0.2, 0) is 11.2 Å². The molecule has 0 saturated heterocycles. The summed E-state index contributed by atoms with van der Waals surface area (Å²) >= 11 is 0. The van der Waals surface area contributed by atoms with E-state index in [1.807, 2.05) is 0 Å². The Hall–Kier alpha value is -2.18. The summed E-state index contributed by atoms with van der Waals surface area (Å²) in [5.74, 6) is -0.926. The van der Waals surface area contributed by atoms with E-state index >= 15 is 0 Å². The standard InChI is InChI=1S/C8H9N5O2/c14-8(15)7(13-4-11-12-5-13)1-6-2-9-3-10-6/h2-5,7H,1H2,(H,9,10)(H,14,15)/t7-/m1/s1. The Labute approximate surface area is 84.8 Å². The van der Waals surface area contributed by atoms with Crippen LogP contribution in [0.1, 0.15) is 11.7 Å². The number of aromatic nitrogens is 5. The van der Waals surface area contributed by atoms with Gasteiger partial charge in [-0.2, -0.15) is 0 Å². The molecule has 0 aromatic carbocycles. The third-order valence-electron chi connectivity index (χ3n) is 2.05. The molecule has 2 aromatic heterocycles. The van der Waals surface area contributed by atoms with E-state index in [9.17, 15) is 4.79 Å². The number of carbonyl (C=O) groups is 1. The average molecular weight is 207 g/mol. The number of nitrogens with one attached hydrogen (secondary N) is 1. The molecule has 2 heterocycles. The van der Waals surface area contributed by atoms with E-state index in [1.165, 1.54) is 23.5 Å². The molecule has 1 atom stereocenters. The minimum absolute atomic E-state index is 0.327. The Kier molecular flexibility index (Phi) is 2.44. The zero-order valence-electron chi connectivity index (χ0n) is 7.74. The van der Waals surface area contributed by atoms with Crippen LogP contribution in [0.3, 0.4) is 0 Å². The van der Waals surface area contributed by atoms with Gasteiger partial charge in [0.15, 0.2) is 0 Å². The molecule has 7 heteroatoms. The van der Waals surface area contributed by atoms with Crippen LogP contribution in [0.25, 0.3) is 0 Å². The number of carboxylic acid groups (broad SMARTS) is 1. The number of aliphatic carboxylic acids is 1. The van der Waals surface area contributed by atoms with E-state index in [0.29, 0.717) is 6.42 Å². The van der Waals surface area contributed by atoms with Gasteiger partial charge < -0.3 is 14.7 Å². The van der Waals surface area contributed by atoms with Gasteiger partial charge in [-0.3, -0.25) is 0 Å². The fourth-order valence-corrected chi connectivity index (χ4v) is 1.29. The summed E-state index contributed by atoms with van der Waals surface area (Å²) in [6.45, 7) is 0. The number of H-pyrrole nitrogens is 1. The molecule has 0 radical (unpaired) electrons. The molecule has 2 aromatic rings. The van der Waals surface area contributed by atoms with E-state index in [4.69, 9.17) is 5.11 Å². The first-order chi connectivity index (χ1) is 7.27. The largest absolute Gasteiger partial charge is 0.480 e. The highest BCUT2D eigenvalue weighted by atomic mass is 16.4. The molecule has 0 aliphatic heterocycles. The minimum atomic E-state index is -0.926. The lowest BCUT2D eigenvalue weighted by Gasteiger charge is -2.11. The monoisotopic (exact) mass is 207 g/mol. The first kappa shape index (κ1) is 9.38. The van der Waals surface area contributed by atoms with Crippen molar-refractivity contribution in [1.29, 1.82) is 0 Å². The molecule has 2 rings (SSSR count). The summed E-state index contributed by atoms with van der Waals surface area (Å²) in [4.78, 5) is 17.7. The second-order valence-electron chi connectivity index (χ2n) is 3.04. The number of rotatable bonds is 4.